The zero-order chi connectivity index (χ0) is 17.4. The molecular weight excluding hydrogens is 356 g/mol. The van der Waals surface area contributed by atoms with E-state index >= 15 is 0 Å². The lowest BCUT2D eigenvalue weighted by Crippen LogP contribution is -2.25. The summed E-state index contributed by atoms with van der Waals surface area (Å²) in [5.41, 5.74) is 1.06. The first kappa shape index (κ1) is 16.3. The smallest absolute Gasteiger partial charge is 0.263 e. The number of rotatable bonds is 4. The largest absolute Gasteiger partial charge is 0.281 e. The summed E-state index contributed by atoms with van der Waals surface area (Å²) < 4.78 is 1.50. The Bertz CT molecular complexity index is 1040. The van der Waals surface area contributed by atoms with Crippen molar-refractivity contribution in [3.05, 3.63) is 32.4 Å². The zero-order valence-corrected chi connectivity index (χ0v) is 15.3. The van der Waals surface area contributed by atoms with Gasteiger partial charge >= 0.3 is 0 Å². The van der Waals surface area contributed by atoms with Crippen molar-refractivity contribution in [2.45, 2.75) is 50.1 Å². The van der Waals surface area contributed by atoms with Gasteiger partial charge in [0.1, 0.15) is 23.0 Å². The number of thiophene rings is 1. The van der Waals surface area contributed by atoms with E-state index in [-0.39, 0.29) is 12.1 Å². The second-order valence-corrected chi connectivity index (χ2v) is 7.99. The van der Waals surface area contributed by atoms with Crippen LogP contribution in [-0.2, 0) is 25.1 Å². The first-order chi connectivity index (χ1) is 12.2. The Morgan fingerprint density at radius 2 is 2.20 bits per heavy atom. The molecular formula is C16H16N6OS2. The van der Waals surface area contributed by atoms with Crippen molar-refractivity contribution in [2.24, 2.45) is 0 Å². The highest BCUT2D eigenvalue weighted by atomic mass is 32.2. The van der Waals surface area contributed by atoms with Crippen LogP contribution in [-0.4, -0.2) is 24.7 Å². The van der Waals surface area contributed by atoms with Crippen LogP contribution in [0.3, 0.4) is 0 Å². The maximum Gasteiger partial charge on any atom is 0.263 e. The summed E-state index contributed by atoms with van der Waals surface area (Å²) in [6.07, 6.45) is 4.23. The fourth-order valence-electron chi connectivity index (χ4n) is 3.14. The van der Waals surface area contributed by atoms with E-state index in [0.717, 1.165) is 40.9 Å². The molecule has 0 aromatic carbocycles. The van der Waals surface area contributed by atoms with Crippen molar-refractivity contribution in [3.8, 4) is 6.07 Å². The van der Waals surface area contributed by atoms with Crippen molar-refractivity contribution in [3.63, 3.8) is 0 Å². The number of nitrogens with zero attached hydrogens (tertiary/aromatic N) is 5. The van der Waals surface area contributed by atoms with E-state index < -0.39 is 0 Å². The molecule has 0 saturated heterocycles. The molecule has 0 amide bonds. The zero-order valence-electron chi connectivity index (χ0n) is 13.7. The minimum Gasteiger partial charge on any atom is -0.281 e. The molecule has 7 nitrogen and oxygen atoms in total. The molecule has 1 N–H and O–H groups in total. The van der Waals surface area contributed by atoms with Gasteiger partial charge in [-0.25, -0.2) is 9.97 Å². The number of hydrogen-bond acceptors (Lipinski definition) is 7. The molecule has 128 valence electrons. The van der Waals surface area contributed by atoms with Gasteiger partial charge in [-0.05, 0) is 38.2 Å². The van der Waals surface area contributed by atoms with Gasteiger partial charge in [0.15, 0.2) is 0 Å². The van der Waals surface area contributed by atoms with Crippen LogP contribution in [0.25, 0.3) is 10.2 Å². The molecule has 3 heterocycles. The molecule has 0 bridgehead atoms. The number of H-pyrrole nitrogens is 1. The fraction of sp³-hybridized carbons (Fsp3) is 0.438. The highest BCUT2D eigenvalue weighted by molar-refractivity contribution is 7.98. The summed E-state index contributed by atoms with van der Waals surface area (Å²) >= 11 is 3.03. The number of aryl methyl sites for hydroxylation is 3. The molecule has 1 aliphatic carbocycles. The molecule has 3 aromatic rings. The Balaban J connectivity index is 1.78. The Morgan fingerprint density at radius 1 is 1.36 bits per heavy atom. The predicted molar refractivity (Wildman–Crippen MR) is 96.8 cm³/mol. The van der Waals surface area contributed by atoms with Crippen LogP contribution in [0.2, 0.25) is 0 Å². The number of nitrogens with one attached hydrogen (secondary N) is 1. The van der Waals surface area contributed by atoms with Gasteiger partial charge in [-0.2, -0.15) is 5.26 Å². The fourth-order valence-corrected chi connectivity index (χ4v) is 5.20. The lowest BCUT2D eigenvalue weighted by Gasteiger charge is -2.11. The van der Waals surface area contributed by atoms with E-state index in [4.69, 9.17) is 10.2 Å². The highest BCUT2D eigenvalue weighted by Crippen LogP contribution is 2.34. The summed E-state index contributed by atoms with van der Waals surface area (Å²) in [5.74, 6) is 1.79. The molecule has 0 saturated carbocycles. The lowest BCUT2D eigenvalue weighted by molar-refractivity contribution is 0.696. The van der Waals surface area contributed by atoms with Gasteiger partial charge in [0, 0.05) is 4.88 Å². The van der Waals surface area contributed by atoms with Crippen LogP contribution >= 0.6 is 23.1 Å². The SMILES string of the molecule is Cc1nc(SCc2nc3sc4c(c3c(=O)n2CC#N)CCCC4)n[nH]1. The van der Waals surface area contributed by atoms with Crippen molar-refractivity contribution < 1.29 is 0 Å². The van der Waals surface area contributed by atoms with Crippen LogP contribution in [0.5, 0.6) is 0 Å². The number of hydrogen-bond donors (Lipinski definition) is 1. The van der Waals surface area contributed by atoms with Gasteiger partial charge in [0.05, 0.1) is 17.2 Å². The van der Waals surface area contributed by atoms with Crippen LogP contribution in [0, 0.1) is 18.3 Å². The minimum absolute atomic E-state index is 0.00923. The minimum atomic E-state index is -0.0901. The molecule has 4 rings (SSSR count). The number of thioether (sulfide) groups is 1. The highest BCUT2D eigenvalue weighted by Gasteiger charge is 2.22. The Morgan fingerprint density at radius 3 is 2.96 bits per heavy atom. The van der Waals surface area contributed by atoms with Crippen molar-refractivity contribution in [1.82, 2.24) is 24.7 Å². The predicted octanol–water partition coefficient (Wildman–Crippen LogP) is 2.58. The quantitative estimate of drug-likeness (QED) is 0.707. The summed E-state index contributed by atoms with van der Waals surface area (Å²) in [6, 6.07) is 2.08. The van der Waals surface area contributed by atoms with Gasteiger partial charge in [0.2, 0.25) is 5.16 Å². The Labute approximate surface area is 152 Å². The van der Waals surface area contributed by atoms with E-state index in [9.17, 15) is 4.79 Å². The third-order valence-corrected chi connectivity index (χ3v) is 6.32. The van der Waals surface area contributed by atoms with E-state index in [1.165, 1.54) is 27.6 Å². The number of fused-ring (bicyclic) bond motifs is 3. The first-order valence-electron chi connectivity index (χ1n) is 8.10. The second kappa shape index (κ2) is 6.61. The monoisotopic (exact) mass is 372 g/mol. The third kappa shape index (κ3) is 2.96. The molecule has 0 atom stereocenters. The molecule has 1 aliphatic rings. The second-order valence-electron chi connectivity index (χ2n) is 5.96. The van der Waals surface area contributed by atoms with Gasteiger partial charge < -0.3 is 0 Å². The summed E-state index contributed by atoms with van der Waals surface area (Å²) in [6.45, 7) is 1.85. The average Bonchev–Trinajstić information content (AvgIpc) is 3.19. The van der Waals surface area contributed by atoms with E-state index in [1.807, 2.05) is 6.92 Å². The average molecular weight is 372 g/mol. The van der Waals surface area contributed by atoms with E-state index in [0.29, 0.717) is 16.7 Å². The number of nitriles is 1. The number of aromatic nitrogens is 5. The first-order valence-corrected chi connectivity index (χ1v) is 9.90. The molecule has 25 heavy (non-hydrogen) atoms. The van der Waals surface area contributed by atoms with Crippen LogP contribution < -0.4 is 5.56 Å². The van der Waals surface area contributed by atoms with Crippen LogP contribution in [0.15, 0.2) is 9.95 Å². The van der Waals surface area contributed by atoms with E-state index in [1.54, 1.807) is 11.3 Å². The van der Waals surface area contributed by atoms with Crippen molar-refractivity contribution >= 4 is 33.3 Å². The number of aromatic amines is 1. The molecule has 3 aromatic heterocycles. The van der Waals surface area contributed by atoms with Gasteiger partial charge in [0.25, 0.3) is 5.56 Å². The molecule has 0 unspecified atom stereocenters. The summed E-state index contributed by atoms with van der Waals surface area (Å²) in [5, 5.41) is 17.4. The summed E-state index contributed by atoms with van der Waals surface area (Å²) in [4.78, 5) is 24.1. The summed E-state index contributed by atoms with van der Waals surface area (Å²) in [7, 11) is 0. The Kier molecular flexibility index (Phi) is 4.31. The lowest BCUT2D eigenvalue weighted by atomic mass is 9.97. The third-order valence-electron chi connectivity index (χ3n) is 4.29. The topological polar surface area (TPSA) is 100 Å². The molecule has 0 radical (unpaired) electrons. The van der Waals surface area contributed by atoms with Gasteiger partial charge in [-0.3, -0.25) is 14.5 Å². The molecule has 0 spiro atoms. The maximum absolute atomic E-state index is 13.0. The van der Waals surface area contributed by atoms with Crippen LogP contribution in [0.1, 0.15) is 34.9 Å². The van der Waals surface area contributed by atoms with Crippen molar-refractivity contribution in [1.29, 1.82) is 5.26 Å². The van der Waals surface area contributed by atoms with Crippen molar-refractivity contribution in [2.75, 3.05) is 0 Å². The normalized spacial score (nSPS) is 13.8. The van der Waals surface area contributed by atoms with Gasteiger partial charge in [-0.15, -0.1) is 16.4 Å². The molecule has 9 heteroatoms. The molecule has 0 aliphatic heterocycles. The molecule has 0 fully saturated rings. The Hall–Kier alpha value is -2.18. The van der Waals surface area contributed by atoms with E-state index in [2.05, 4.69) is 21.3 Å². The maximum atomic E-state index is 13.0. The standard InChI is InChI=1S/C16H16N6OS2/c1-9-18-16(21-20-9)24-8-12-19-14-13(15(23)22(12)7-6-17)10-4-2-3-5-11(10)25-14/h2-5,7-8H2,1H3,(H,18,20,21). The van der Waals surface area contributed by atoms with Gasteiger partial charge in [-0.1, -0.05) is 11.8 Å². The van der Waals surface area contributed by atoms with Crippen LogP contribution in [0.4, 0.5) is 0 Å².